The van der Waals surface area contributed by atoms with Crippen molar-refractivity contribution in [2.24, 2.45) is 0 Å². The number of para-hydroxylation sites is 1. The van der Waals surface area contributed by atoms with Crippen LogP contribution in [0.1, 0.15) is 5.56 Å². The van der Waals surface area contributed by atoms with Crippen molar-refractivity contribution in [3.63, 3.8) is 0 Å². The highest BCUT2D eigenvalue weighted by molar-refractivity contribution is 7.92. The molecule has 0 unspecified atom stereocenters. The number of anilines is 1. The molecule has 0 spiro atoms. The summed E-state index contributed by atoms with van der Waals surface area (Å²) >= 11 is 0. The molecule has 0 atom stereocenters. The fourth-order valence-electron chi connectivity index (χ4n) is 1.81. The normalized spacial score (nSPS) is 11.3. The molecule has 0 aliphatic carbocycles. The van der Waals surface area contributed by atoms with Gasteiger partial charge in [-0.3, -0.25) is 4.31 Å². The molecule has 19 heavy (non-hydrogen) atoms. The molecule has 100 valence electrons. The van der Waals surface area contributed by atoms with Gasteiger partial charge in [0.15, 0.2) is 0 Å². The summed E-state index contributed by atoms with van der Waals surface area (Å²) in [7, 11) is -2.18. The van der Waals surface area contributed by atoms with E-state index >= 15 is 0 Å². The summed E-state index contributed by atoms with van der Waals surface area (Å²) in [5.74, 6) is -0.461. The van der Waals surface area contributed by atoms with Crippen LogP contribution in [0.3, 0.4) is 0 Å². The molecule has 0 aliphatic heterocycles. The maximum Gasteiger partial charge on any atom is 0.264 e. The maximum absolute atomic E-state index is 12.9. The highest BCUT2D eigenvalue weighted by atomic mass is 32.2. The zero-order valence-corrected chi connectivity index (χ0v) is 11.5. The predicted molar refractivity (Wildman–Crippen MR) is 73.2 cm³/mol. The molecule has 0 amide bonds. The third-order valence-corrected chi connectivity index (χ3v) is 4.71. The SMILES string of the molecule is Cc1ccccc1N(C)S(=O)(=O)c1ccc(F)cc1. The fourth-order valence-corrected chi connectivity index (χ4v) is 3.07. The topological polar surface area (TPSA) is 37.4 Å². The number of aryl methyl sites for hydroxylation is 1. The molecule has 3 nitrogen and oxygen atoms in total. The third kappa shape index (κ3) is 2.61. The van der Waals surface area contributed by atoms with Gasteiger partial charge in [-0.25, -0.2) is 12.8 Å². The Morgan fingerprint density at radius 3 is 2.16 bits per heavy atom. The van der Waals surface area contributed by atoms with Gasteiger partial charge < -0.3 is 0 Å². The number of halogens is 1. The predicted octanol–water partition coefficient (Wildman–Crippen LogP) is 2.96. The number of rotatable bonds is 3. The molecule has 0 saturated heterocycles. The summed E-state index contributed by atoms with van der Waals surface area (Å²) in [6.07, 6.45) is 0. The first-order valence-electron chi connectivity index (χ1n) is 5.73. The van der Waals surface area contributed by atoms with Gasteiger partial charge in [-0.1, -0.05) is 18.2 Å². The molecule has 5 heteroatoms. The number of sulfonamides is 1. The van der Waals surface area contributed by atoms with E-state index in [4.69, 9.17) is 0 Å². The average Bonchev–Trinajstić information content (AvgIpc) is 2.39. The van der Waals surface area contributed by atoms with Crippen LogP contribution in [0.5, 0.6) is 0 Å². The first-order valence-corrected chi connectivity index (χ1v) is 7.17. The van der Waals surface area contributed by atoms with Crippen molar-refractivity contribution in [2.75, 3.05) is 11.4 Å². The number of nitrogens with zero attached hydrogens (tertiary/aromatic N) is 1. The van der Waals surface area contributed by atoms with Gasteiger partial charge >= 0.3 is 0 Å². The summed E-state index contributed by atoms with van der Waals surface area (Å²) < 4.78 is 38.9. The summed E-state index contributed by atoms with van der Waals surface area (Å²) in [6, 6.07) is 12.0. The van der Waals surface area contributed by atoms with E-state index < -0.39 is 15.8 Å². The molecule has 0 heterocycles. The lowest BCUT2D eigenvalue weighted by atomic mass is 10.2. The average molecular weight is 279 g/mol. The van der Waals surface area contributed by atoms with Gasteiger partial charge in [-0.05, 0) is 42.8 Å². The number of hydrogen-bond donors (Lipinski definition) is 0. The zero-order chi connectivity index (χ0) is 14.0. The van der Waals surface area contributed by atoms with Gasteiger partial charge in [0.2, 0.25) is 0 Å². The molecule has 2 aromatic carbocycles. The first kappa shape index (κ1) is 13.5. The van der Waals surface area contributed by atoms with E-state index in [1.54, 1.807) is 12.1 Å². The molecule has 0 saturated carbocycles. The second-order valence-electron chi connectivity index (χ2n) is 4.21. The zero-order valence-electron chi connectivity index (χ0n) is 10.7. The van der Waals surface area contributed by atoms with Crippen molar-refractivity contribution in [3.8, 4) is 0 Å². The van der Waals surface area contributed by atoms with E-state index in [0.717, 1.165) is 17.7 Å². The fraction of sp³-hybridized carbons (Fsp3) is 0.143. The van der Waals surface area contributed by atoms with Crippen LogP contribution in [0.4, 0.5) is 10.1 Å². The highest BCUT2D eigenvalue weighted by Crippen LogP contribution is 2.24. The standard InChI is InChI=1S/C14H14FNO2S/c1-11-5-3-4-6-14(11)16(2)19(17,18)13-9-7-12(15)8-10-13/h3-10H,1-2H3. The van der Waals surface area contributed by atoms with Crippen molar-refractivity contribution >= 4 is 15.7 Å². The van der Waals surface area contributed by atoms with E-state index in [1.165, 1.54) is 23.5 Å². The Bertz CT molecular complexity index is 681. The van der Waals surface area contributed by atoms with Crippen LogP contribution in [-0.4, -0.2) is 15.5 Å². The van der Waals surface area contributed by atoms with E-state index in [0.29, 0.717) is 5.69 Å². The molecular weight excluding hydrogens is 265 g/mol. The van der Waals surface area contributed by atoms with Crippen LogP contribution in [-0.2, 0) is 10.0 Å². The molecule has 0 aromatic heterocycles. The lowest BCUT2D eigenvalue weighted by Gasteiger charge is -2.21. The summed E-state index contributed by atoms with van der Waals surface area (Å²) in [5.41, 5.74) is 1.46. The summed E-state index contributed by atoms with van der Waals surface area (Å²) in [4.78, 5) is 0.0691. The van der Waals surface area contributed by atoms with E-state index in [9.17, 15) is 12.8 Å². The van der Waals surface area contributed by atoms with Gasteiger partial charge in [-0.15, -0.1) is 0 Å². The second kappa shape index (κ2) is 5.01. The molecular formula is C14H14FNO2S. The Labute approximate surface area is 112 Å². The Morgan fingerprint density at radius 1 is 1.00 bits per heavy atom. The molecule has 0 fully saturated rings. The van der Waals surface area contributed by atoms with Crippen LogP contribution < -0.4 is 4.31 Å². The van der Waals surface area contributed by atoms with Crippen molar-refractivity contribution in [2.45, 2.75) is 11.8 Å². The van der Waals surface area contributed by atoms with E-state index in [2.05, 4.69) is 0 Å². The number of hydrogen-bond acceptors (Lipinski definition) is 2. The van der Waals surface area contributed by atoms with Gasteiger partial charge in [0.25, 0.3) is 10.0 Å². The molecule has 0 radical (unpaired) electrons. The Hall–Kier alpha value is -1.88. The lowest BCUT2D eigenvalue weighted by Crippen LogP contribution is -2.27. The summed E-state index contributed by atoms with van der Waals surface area (Å²) in [6.45, 7) is 1.84. The van der Waals surface area contributed by atoms with E-state index in [1.807, 2.05) is 19.1 Å². The maximum atomic E-state index is 12.9. The minimum Gasteiger partial charge on any atom is -0.269 e. The minimum absolute atomic E-state index is 0.0691. The van der Waals surface area contributed by atoms with Crippen molar-refractivity contribution in [3.05, 3.63) is 59.9 Å². The van der Waals surface area contributed by atoms with Crippen LogP contribution >= 0.6 is 0 Å². The lowest BCUT2D eigenvalue weighted by molar-refractivity contribution is 0.593. The number of benzene rings is 2. The van der Waals surface area contributed by atoms with Crippen LogP contribution in [0.25, 0.3) is 0 Å². The Kier molecular flexibility index (Phi) is 3.57. The Balaban J connectivity index is 2.45. The van der Waals surface area contributed by atoms with Gasteiger partial charge in [-0.2, -0.15) is 0 Å². The largest absolute Gasteiger partial charge is 0.269 e. The molecule has 2 aromatic rings. The third-order valence-electron chi connectivity index (χ3n) is 2.93. The smallest absolute Gasteiger partial charge is 0.264 e. The van der Waals surface area contributed by atoms with Crippen molar-refractivity contribution in [1.29, 1.82) is 0 Å². The molecule has 0 aliphatic rings. The quantitative estimate of drug-likeness (QED) is 0.866. The Morgan fingerprint density at radius 2 is 1.58 bits per heavy atom. The second-order valence-corrected chi connectivity index (χ2v) is 6.18. The van der Waals surface area contributed by atoms with Crippen molar-refractivity contribution < 1.29 is 12.8 Å². The monoisotopic (exact) mass is 279 g/mol. The highest BCUT2D eigenvalue weighted by Gasteiger charge is 2.22. The van der Waals surface area contributed by atoms with E-state index in [-0.39, 0.29) is 4.90 Å². The van der Waals surface area contributed by atoms with Gasteiger partial charge in [0, 0.05) is 7.05 Å². The van der Waals surface area contributed by atoms with Gasteiger partial charge in [0.05, 0.1) is 10.6 Å². The minimum atomic E-state index is -3.66. The van der Waals surface area contributed by atoms with Crippen LogP contribution in [0.2, 0.25) is 0 Å². The molecule has 0 N–H and O–H groups in total. The molecule has 2 rings (SSSR count). The molecule has 0 bridgehead atoms. The van der Waals surface area contributed by atoms with Crippen LogP contribution in [0.15, 0.2) is 53.4 Å². The van der Waals surface area contributed by atoms with Crippen molar-refractivity contribution in [1.82, 2.24) is 0 Å². The summed E-state index contributed by atoms with van der Waals surface area (Å²) in [5, 5.41) is 0. The van der Waals surface area contributed by atoms with Crippen LogP contribution in [0, 0.1) is 12.7 Å². The van der Waals surface area contributed by atoms with Gasteiger partial charge in [0.1, 0.15) is 5.82 Å². The first-order chi connectivity index (χ1) is 8.93.